The number of ether oxygens (including phenoxy) is 1. The highest BCUT2D eigenvalue weighted by Gasteiger charge is 2.18. The van der Waals surface area contributed by atoms with Crippen molar-refractivity contribution in [2.24, 2.45) is 5.73 Å². The Hall–Kier alpha value is -1.59. The molecular formula is C14H26N2O4. The van der Waals surface area contributed by atoms with Crippen molar-refractivity contribution in [2.45, 2.75) is 64.8 Å². The summed E-state index contributed by atoms with van der Waals surface area (Å²) < 4.78 is 4.73. The highest BCUT2D eigenvalue weighted by Crippen LogP contribution is 2.06. The van der Waals surface area contributed by atoms with Crippen molar-refractivity contribution in [1.82, 2.24) is 5.32 Å². The van der Waals surface area contributed by atoms with Crippen LogP contribution >= 0.6 is 0 Å². The van der Waals surface area contributed by atoms with E-state index >= 15 is 0 Å². The van der Waals surface area contributed by atoms with Gasteiger partial charge in [-0.05, 0) is 13.3 Å². The first-order chi connectivity index (χ1) is 9.51. The zero-order valence-corrected chi connectivity index (χ0v) is 12.4. The lowest BCUT2D eigenvalue weighted by Gasteiger charge is -2.15. The molecule has 0 aromatic heterocycles. The molecule has 0 aliphatic rings. The van der Waals surface area contributed by atoms with E-state index in [1.807, 2.05) is 0 Å². The molecule has 0 saturated heterocycles. The highest BCUT2D eigenvalue weighted by atomic mass is 16.5. The topological polar surface area (TPSA) is 98.5 Å². The van der Waals surface area contributed by atoms with Gasteiger partial charge in [-0.2, -0.15) is 0 Å². The van der Waals surface area contributed by atoms with Crippen LogP contribution in [0.3, 0.4) is 0 Å². The number of amides is 2. The van der Waals surface area contributed by atoms with Crippen LogP contribution < -0.4 is 11.1 Å². The van der Waals surface area contributed by atoms with E-state index in [0.717, 1.165) is 25.7 Å². The predicted molar refractivity (Wildman–Crippen MR) is 75.8 cm³/mol. The van der Waals surface area contributed by atoms with Gasteiger partial charge < -0.3 is 15.8 Å². The van der Waals surface area contributed by atoms with Crippen molar-refractivity contribution in [3.05, 3.63) is 0 Å². The van der Waals surface area contributed by atoms with Gasteiger partial charge in [0.1, 0.15) is 6.04 Å². The normalized spacial score (nSPS) is 11.7. The monoisotopic (exact) mass is 286 g/mol. The van der Waals surface area contributed by atoms with Gasteiger partial charge in [0.2, 0.25) is 11.8 Å². The van der Waals surface area contributed by atoms with Crippen LogP contribution in [0.5, 0.6) is 0 Å². The Morgan fingerprint density at radius 2 is 1.80 bits per heavy atom. The summed E-state index contributed by atoms with van der Waals surface area (Å²) in [5.74, 6) is -1.30. The third kappa shape index (κ3) is 9.35. The van der Waals surface area contributed by atoms with Crippen molar-refractivity contribution in [2.75, 3.05) is 6.61 Å². The van der Waals surface area contributed by atoms with Crippen LogP contribution in [0, 0.1) is 0 Å². The fourth-order valence-electron chi connectivity index (χ4n) is 1.78. The van der Waals surface area contributed by atoms with E-state index < -0.39 is 17.9 Å². The predicted octanol–water partition coefficient (Wildman–Crippen LogP) is 1.27. The number of unbranched alkanes of at least 4 members (excludes halogenated alkanes) is 3. The van der Waals surface area contributed by atoms with E-state index in [1.165, 1.54) is 0 Å². The molecule has 0 unspecified atom stereocenters. The number of nitrogens with two attached hydrogens (primary N) is 1. The summed E-state index contributed by atoms with van der Waals surface area (Å²) in [6.07, 6.45) is 4.63. The Morgan fingerprint density at radius 1 is 1.10 bits per heavy atom. The van der Waals surface area contributed by atoms with Gasteiger partial charge in [0.15, 0.2) is 0 Å². The second-order valence-electron chi connectivity index (χ2n) is 4.68. The Balaban J connectivity index is 4.01. The molecule has 0 aliphatic heterocycles. The number of hydrogen-bond acceptors (Lipinski definition) is 4. The molecule has 2 amide bonds. The first-order valence-corrected chi connectivity index (χ1v) is 7.25. The molecule has 0 aromatic rings. The fraction of sp³-hybridized carbons (Fsp3) is 0.786. The standard InChI is InChI=1S/C14H26N2O4/c1-3-5-6-7-8-11(14(15)19)16-12(17)9-10-13(18)20-4-2/h11H,3-10H2,1-2H3,(H2,15,19)(H,16,17)/t11-/m0/s1. The zero-order chi connectivity index (χ0) is 15.4. The van der Waals surface area contributed by atoms with Gasteiger partial charge in [-0.15, -0.1) is 0 Å². The van der Waals surface area contributed by atoms with Crippen molar-refractivity contribution in [3.8, 4) is 0 Å². The fourth-order valence-corrected chi connectivity index (χ4v) is 1.78. The van der Waals surface area contributed by atoms with E-state index in [4.69, 9.17) is 10.5 Å². The van der Waals surface area contributed by atoms with Gasteiger partial charge in [0.25, 0.3) is 0 Å². The van der Waals surface area contributed by atoms with Crippen LogP contribution in [0.4, 0.5) is 0 Å². The van der Waals surface area contributed by atoms with Crippen LogP contribution in [0.2, 0.25) is 0 Å². The second kappa shape index (κ2) is 11.3. The molecule has 0 bridgehead atoms. The molecule has 1 atom stereocenters. The minimum atomic E-state index is -0.651. The van der Waals surface area contributed by atoms with E-state index in [9.17, 15) is 14.4 Å². The van der Waals surface area contributed by atoms with E-state index in [-0.39, 0.29) is 18.7 Å². The molecule has 0 fully saturated rings. The van der Waals surface area contributed by atoms with Gasteiger partial charge >= 0.3 is 5.97 Å². The van der Waals surface area contributed by atoms with E-state index in [2.05, 4.69) is 12.2 Å². The van der Waals surface area contributed by atoms with Gasteiger partial charge in [0.05, 0.1) is 13.0 Å². The average Bonchev–Trinajstić information content (AvgIpc) is 2.40. The number of esters is 1. The Kier molecular flexibility index (Phi) is 10.4. The van der Waals surface area contributed by atoms with Crippen molar-refractivity contribution in [3.63, 3.8) is 0 Å². The molecule has 0 saturated carbocycles. The molecule has 0 rings (SSSR count). The molecule has 6 heteroatoms. The minimum Gasteiger partial charge on any atom is -0.466 e. The summed E-state index contributed by atoms with van der Waals surface area (Å²) in [6, 6.07) is -0.651. The van der Waals surface area contributed by atoms with Crippen LogP contribution in [-0.4, -0.2) is 30.4 Å². The Labute approximate surface area is 120 Å². The summed E-state index contributed by atoms with van der Waals surface area (Å²) in [5, 5.41) is 2.57. The third-order valence-electron chi connectivity index (χ3n) is 2.89. The molecule has 6 nitrogen and oxygen atoms in total. The summed E-state index contributed by atoms with van der Waals surface area (Å²) in [4.78, 5) is 34.0. The number of carbonyl (C=O) groups is 3. The van der Waals surface area contributed by atoms with Crippen molar-refractivity contribution in [1.29, 1.82) is 0 Å². The summed E-state index contributed by atoms with van der Waals surface area (Å²) in [6.45, 7) is 4.10. The first-order valence-electron chi connectivity index (χ1n) is 7.25. The molecule has 3 N–H and O–H groups in total. The molecule has 0 spiro atoms. The number of primary amides is 1. The van der Waals surface area contributed by atoms with Gasteiger partial charge in [-0.3, -0.25) is 14.4 Å². The molecule has 116 valence electrons. The molecule has 0 heterocycles. The van der Waals surface area contributed by atoms with Gasteiger partial charge in [0, 0.05) is 6.42 Å². The average molecular weight is 286 g/mol. The lowest BCUT2D eigenvalue weighted by atomic mass is 10.1. The van der Waals surface area contributed by atoms with Gasteiger partial charge in [-0.1, -0.05) is 32.6 Å². The van der Waals surface area contributed by atoms with E-state index in [1.54, 1.807) is 6.92 Å². The number of rotatable bonds is 11. The smallest absolute Gasteiger partial charge is 0.306 e. The maximum absolute atomic E-state index is 11.6. The third-order valence-corrected chi connectivity index (χ3v) is 2.89. The lowest BCUT2D eigenvalue weighted by molar-refractivity contribution is -0.144. The largest absolute Gasteiger partial charge is 0.466 e. The van der Waals surface area contributed by atoms with Crippen LogP contribution in [-0.2, 0) is 19.1 Å². The number of carbonyl (C=O) groups excluding carboxylic acids is 3. The number of nitrogens with one attached hydrogen (secondary N) is 1. The van der Waals surface area contributed by atoms with Crippen molar-refractivity contribution >= 4 is 17.8 Å². The maximum Gasteiger partial charge on any atom is 0.306 e. The summed E-state index contributed by atoms with van der Waals surface area (Å²) in [7, 11) is 0. The molecule has 0 aromatic carbocycles. The highest BCUT2D eigenvalue weighted by molar-refractivity contribution is 5.87. The SMILES string of the molecule is CCCCCC[C@H](NC(=O)CCC(=O)OCC)C(N)=O. The van der Waals surface area contributed by atoms with E-state index in [0.29, 0.717) is 13.0 Å². The van der Waals surface area contributed by atoms with Crippen LogP contribution in [0.1, 0.15) is 58.8 Å². The lowest BCUT2D eigenvalue weighted by Crippen LogP contribution is -2.44. The second-order valence-corrected chi connectivity index (χ2v) is 4.68. The van der Waals surface area contributed by atoms with Crippen LogP contribution in [0.15, 0.2) is 0 Å². The van der Waals surface area contributed by atoms with Crippen LogP contribution in [0.25, 0.3) is 0 Å². The number of hydrogen-bond donors (Lipinski definition) is 2. The summed E-state index contributed by atoms with van der Waals surface area (Å²) in [5.41, 5.74) is 5.26. The van der Waals surface area contributed by atoms with Crippen molar-refractivity contribution < 1.29 is 19.1 Å². The Morgan fingerprint density at radius 3 is 2.35 bits per heavy atom. The summed E-state index contributed by atoms with van der Waals surface area (Å²) >= 11 is 0. The zero-order valence-electron chi connectivity index (χ0n) is 12.4. The molecule has 0 aliphatic carbocycles. The maximum atomic E-state index is 11.6. The molecular weight excluding hydrogens is 260 g/mol. The Bertz CT molecular complexity index is 318. The molecule has 20 heavy (non-hydrogen) atoms. The minimum absolute atomic E-state index is 0.0115. The van der Waals surface area contributed by atoms with Gasteiger partial charge in [-0.25, -0.2) is 0 Å². The first kappa shape index (κ1) is 18.4. The quantitative estimate of drug-likeness (QED) is 0.441. The molecule has 0 radical (unpaired) electrons.